The van der Waals surface area contributed by atoms with Crippen LogP contribution in [0.2, 0.25) is 0 Å². The SMILES string of the molecule is Cc1sc2nc(C3CCCCC3)nc(N3CCN(S(C)(=O)=O)CC3)c2c1C. The van der Waals surface area contributed by atoms with Gasteiger partial charge >= 0.3 is 0 Å². The molecule has 2 aromatic rings. The van der Waals surface area contributed by atoms with Crippen LogP contribution in [0, 0.1) is 13.8 Å². The lowest BCUT2D eigenvalue weighted by molar-refractivity contribution is 0.386. The average Bonchev–Trinajstić information content (AvgIpc) is 2.95. The zero-order valence-electron chi connectivity index (χ0n) is 16.4. The van der Waals surface area contributed by atoms with Gasteiger partial charge in [0.1, 0.15) is 16.5 Å². The Morgan fingerprint density at radius 3 is 2.30 bits per heavy atom. The summed E-state index contributed by atoms with van der Waals surface area (Å²) in [5.74, 6) is 2.46. The van der Waals surface area contributed by atoms with Crippen LogP contribution in [0.5, 0.6) is 0 Å². The van der Waals surface area contributed by atoms with Gasteiger partial charge in [-0.1, -0.05) is 19.3 Å². The fourth-order valence-corrected chi connectivity index (χ4v) is 6.11. The maximum atomic E-state index is 11.8. The van der Waals surface area contributed by atoms with Crippen molar-refractivity contribution in [2.45, 2.75) is 51.9 Å². The quantitative estimate of drug-likeness (QED) is 0.778. The van der Waals surface area contributed by atoms with Crippen LogP contribution in [-0.2, 0) is 10.0 Å². The third kappa shape index (κ3) is 3.71. The number of sulfonamides is 1. The fraction of sp³-hybridized carbons (Fsp3) is 0.684. The van der Waals surface area contributed by atoms with Crippen LogP contribution in [0.25, 0.3) is 10.2 Å². The molecule has 0 spiro atoms. The predicted molar refractivity (Wildman–Crippen MR) is 111 cm³/mol. The summed E-state index contributed by atoms with van der Waals surface area (Å²) in [5, 5.41) is 1.16. The summed E-state index contributed by atoms with van der Waals surface area (Å²) in [6.45, 7) is 6.69. The molecular formula is C19H28N4O2S2. The van der Waals surface area contributed by atoms with Gasteiger partial charge in [-0.3, -0.25) is 0 Å². The van der Waals surface area contributed by atoms with Crippen LogP contribution in [0.3, 0.4) is 0 Å². The first-order valence-corrected chi connectivity index (χ1v) is 12.5. The zero-order chi connectivity index (χ0) is 19.2. The molecule has 0 amide bonds. The van der Waals surface area contributed by atoms with E-state index in [1.54, 1.807) is 15.6 Å². The van der Waals surface area contributed by atoms with E-state index in [1.165, 1.54) is 48.8 Å². The van der Waals surface area contributed by atoms with Crippen molar-refractivity contribution in [1.29, 1.82) is 0 Å². The molecule has 6 nitrogen and oxygen atoms in total. The zero-order valence-corrected chi connectivity index (χ0v) is 18.0. The Morgan fingerprint density at radius 1 is 1.00 bits per heavy atom. The van der Waals surface area contributed by atoms with Gasteiger partial charge in [-0.25, -0.2) is 18.4 Å². The average molecular weight is 409 g/mol. The number of hydrogen-bond acceptors (Lipinski definition) is 6. The van der Waals surface area contributed by atoms with Crippen LogP contribution >= 0.6 is 11.3 Å². The Hall–Kier alpha value is -1.25. The summed E-state index contributed by atoms with van der Waals surface area (Å²) >= 11 is 1.76. The molecule has 148 valence electrons. The highest BCUT2D eigenvalue weighted by atomic mass is 32.2. The maximum Gasteiger partial charge on any atom is 0.211 e. The van der Waals surface area contributed by atoms with E-state index in [9.17, 15) is 8.42 Å². The predicted octanol–water partition coefficient (Wildman–Crippen LogP) is 3.44. The maximum absolute atomic E-state index is 11.8. The van der Waals surface area contributed by atoms with E-state index >= 15 is 0 Å². The molecule has 0 atom stereocenters. The first kappa shape index (κ1) is 19.1. The Labute approximate surface area is 165 Å². The van der Waals surface area contributed by atoms with Gasteiger partial charge in [-0.2, -0.15) is 4.31 Å². The number of thiophene rings is 1. The molecule has 27 heavy (non-hydrogen) atoms. The number of hydrogen-bond donors (Lipinski definition) is 0. The molecule has 0 bridgehead atoms. The van der Waals surface area contributed by atoms with E-state index in [4.69, 9.17) is 9.97 Å². The van der Waals surface area contributed by atoms with Crippen LogP contribution in [0.15, 0.2) is 0 Å². The van der Waals surface area contributed by atoms with Crippen molar-refractivity contribution in [3.8, 4) is 0 Å². The van der Waals surface area contributed by atoms with Gasteiger partial charge in [0.25, 0.3) is 0 Å². The van der Waals surface area contributed by atoms with Gasteiger partial charge in [0.15, 0.2) is 0 Å². The number of fused-ring (bicyclic) bond motifs is 1. The first-order chi connectivity index (χ1) is 12.8. The monoisotopic (exact) mass is 408 g/mol. The van der Waals surface area contributed by atoms with Crippen LogP contribution < -0.4 is 4.90 Å². The Kier molecular flexibility index (Phi) is 5.16. The van der Waals surface area contributed by atoms with Gasteiger partial charge in [-0.15, -0.1) is 11.3 Å². The second-order valence-corrected chi connectivity index (χ2v) is 11.0. The minimum absolute atomic E-state index is 0.460. The molecule has 1 saturated heterocycles. The molecule has 2 fully saturated rings. The second-order valence-electron chi connectivity index (χ2n) is 7.85. The van der Waals surface area contributed by atoms with Gasteiger partial charge < -0.3 is 4.90 Å². The summed E-state index contributed by atoms with van der Waals surface area (Å²) in [7, 11) is -3.13. The highest BCUT2D eigenvalue weighted by Crippen LogP contribution is 2.38. The largest absolute Gasteiger partial charge is 0.353 e. The van der Waals surface area contributed by atoms with E-state index in [2.05, 4.69) is 18.7 Å². The molecule has 8 heteroatoms. The Bertz CT molecular complexity index is 940. The topological polar surface area (TPSA) is 66.4 Å². The summed E-state index contributed by atoms with van der Waals surface area (Å²) in [5.41, 5.74) is 1.26. The highest BCUT2D eigenvalue weighted by molar-refractivity contribution is 7.88. The molecule has 2 aromatic heterocycles. The molecular weight excluding hydrogens is 380 g/mol. The summed E-state index contributed by atoms with van der Waals surface area (Å²) < 4.78 is 25.3. The molecule has 0 unspecified atom stereocenters. The summed E-state index contributed by atoms with van der Waals surface area (Å²) in [6, 6.07) is 0. The van der Waals surface area contributed by atoms with Crippen molar-refractivity contribution < 1.29 is 8.42 Å². The van der Waals surface area contributed by atoms with Crippen molar-refractivity contribution in [3.05, 3.63) is 16.3 Å². The van der Waals surface area contributed by atoms with E-state index in [0.29, 0.717) is 32.1 Å². The normalized spacial score (nSPS) is 20.5. The Morgan fingerprint density at radius 2 is 1.67 bits per heavy atom. The molecule has 1 saturated carbocycles. The lowest BCUT2D eigenvalue weighted by Gasteiger charge is -2.34. The molecule has 2 aliphatic rings. The lowest BCUT2D eigenvalue weighted by Crippen LogP contribution is -2.48. The molecule has 0 N–H and O–H groups in total. The van der Waals surface area contributed by atoms with Crippen molar-refractivity contribution in [1.82, 2.24) is 14.3 Å². The lowest BCUT2D eigenvalue weighted by atomic mass is 9.88. The molecule has 1 aliphatic carbocycles. The van der Waals surface area contributed by atoms with Crippen LogP contribution in [0.1, 0.15) is 54.3 Å². The molecule has 4 rings (SSSR count). The molecule has 0 aromatic carbocycles. The van der Waals surface area contributed by atoms with Crippen LogP contribution in [-0.4, -0.2) is 55.1 Å². The van der Waals surface area contributed by atoms with Gasteiger partial charge in [0.05, 0.1) is 11.6 Å². The second kappa shape index (κ2) is 7.29. The molecule has 0 radical (unpaired) electrons. The minimum Gasteiger partial charge on any atom is -0.353 e. The van der Waals surface area contributed by atoms with E-state index in [0.717, 1.165) is 21.9 Å². The smallest absolute Gasteiger partial charge is 0.211 e. The minimum atomic E-state index is -3.13. The first-order valence-electron chi connectivity index (χ1n) is 9.82. The number of piperazine rings is 1. The van der Waals surface area contributed by atoms with E-state index < -0.39 is 10.0 Å². The third-order valence-corrected chi connectivity index (χ3v) is 8.41. The van der Waals surface area contributed by atoms with Crippen molar-refractivity contribution in [3.63, 3.8) is 0 Å². The van der Waals surface area contributed by atoms with Crippen LogP contribution in [0.4, 0.5) is 5.82 Å². The third-order valence-electron chi connectivity index (χ3n) is 6.00. The summed E-state index contributed by atoms with van der Waals surface area (Å²) in [6.07, 6.45) is 7.48. The number of nitrogens with zero attached hydrogens (tertiary/aromatic N) is 4. The standard InChI is InChI=1S/C19H28N4O2S2/c1-13-14(2)26-19-16(13)18(20-17(21-19)15-7-5-4-6-8-15)22-9-11-23(12-10-22)27(3,24)25/h15H,4-12H2,1-3H3. The molecule has 3 heterocycles. The van der Waals surface area contributed by atoms with Gasteiger partial charge in [0, 0.05) is 37.0 Å². The number of aromatic nitrogens is 2. The Balaban J connectivity index is 1.72. The van der Waals surface area contributed by atoms with Crippen molar-refractivity contribution in [2.24, 2.45) is 0 Å². The number of aryl methyl sites for hydroxylation is 2. The highest BCUT2D eigenvalue weighted by Gasteiger charge is 2.28. The molecule has 1 aliphatic heterocycles. The van der Waals surface area contributed by atoms with Gasteiger partial charge in [0.2, 0.25) is 10.0 Å². The van der Waals surface area contributed by atoms with Crippen molar-refractivity contribution in [2.75, 3.05) is 37.3 Å². The van der Waals surface area contributed by atoms with Gasteiger partial charge in [-0.05, 0) is 32.3 Å². The van der Waals surface area contributed by atoms with Crippen molar-refractivity contribution >= 4 is 37.4 Å². The van der Waals surface area contributed by atoms with E-state index in [-0.39, 0.29) is 0 Å². The fourth-order valence-electron chi connectivity index (χ4n) is 4.25. The summed E-state index contributed by atoms with van der Waals surface area (Å²) in [4.78, 5) is 14.7. The number of anilines is 1. The van der Waals surface area contributed by atoms with E-state index in [1.807, 2.05) is 0 Å². The number of rotatable bonds is 3.